The van der Waals surface area contributed by atoms with E-state index in [1.165, 1.54) is 64.3 Å². The van der Waals surface area contributed by atoms with Crippen molar-refractivity contribution in [1.29, 1.82) is 0 Å². The summed E-state index contributed by atoms with van der Waals surface area (Å²) in [5.41, 5.74) is 16.2. The molecule has 12 rings (SSSR count). The number of benzene rings is 11. The van der Waals surface area contributed by atoms with Gasteiger partial charge in [0.1, 0.15) is 0 Å². The lowest BCUT2D eigenvalue weighted by atomic mass is 10.00. The fourth-order valence-corrected chi connectivity index (χ4v) is 10.5. The van der Waals surface area contributed by atoms with E-state index in [9.17, 15) is 0 Å². The third-order valence-electron chi connectivity index (χ3n) is 12.9. The number of rotatable bonds is 10. The number of fused-ring (bicyclic) bond motifs is 4. The smallest absolute Gasteiger partial charge is 0.0540 e. The molecule has 0 aliphatic heterocycles. The SMILES string of the molecule is c1ccc(-c2ccc(-c3ccc(N(c4ccccc4)c4ccc(-c5ccc(N(c6ccc(-c7ccc8sc9ccccc9c8c7)cc6)c6cccc7ccccc67)cc5)cc4)cc3)cc2)cc1. The van der Waals surface area contributed by atoms with Crippen LogP contribution in [-0.2, 0) is 0 Å². The van der Waals surface area contributed by atoms with Crippen LogP contribution in [0.2, 0.25) is 0 Å². The van der Waals surface area contributed by atoms with Crippen molar-refractivity contribution in [1.82, 2.24) is 0 Å². The summed E-state index contributed by atoms with van der Waals surface area (Å²) in [5, 5.41) is 5.05. The van der Waals surface area contributed by atoms with Crippen molar-refractivity contribution in [2.75, 3.05) is 9.80 Å². The summed E-state index contributed by atoms with van der Waals surface area (Å²) in [6, 6.07) is 96.7. The highest BCUT2D eigenvalue weighted by molar-refractivity contribution is 7.25. The molecule has 0 bridgehead atoms. The van der Waals surface area contributed by atoms with E-state index >= 15 is 0 Å². The quantitative estimate of drug-likeness (QED) is 0.135. The molecule has 0 unspecified atom stereocenters. The maximum Gasteiger partial charge on any atom is 0.0540 e. The van der Waals surface area contributed by atoms with E-state index in [-0.39, 0.29) is 0 Å². The van der Waals surface area contributed by atoms with Gasteiger partial charge in [0.25, 0.3) is 0 Å². The fraction of sp³-hybridized carbons (Fsp3) is 0. The summed E-state index contributed by atoms with van der Waals surface area (Å²) in [5.74, 6) is 0. The van der Waals surface area contributed by atoms with Crippen molar-refractivity contribution < 1.29 is 0 Å². The first-order valence-corrected chi connectivity index (χ1v) is 23.6. The number of nitrogens with zero attached hydrogens (tertiary/aromatic N) is 2. The van der Waals surface area contributed by atoms with Crippen LogP contribution in [0.4, 0.5) is 34.1 Å². The number of hydrogen-bond acceptors (Lipinski definition) is 3. The van der Waals surface area contributed by atoms with Gasteiger partial charge in [-0.15, -0.1) is 11.3 Å². The molecule has 0 radical (unpaired) electrons. The zero-order chi connectivity index (χ0) is 44.5. The predicted octanol–water partition coefficient (Wildman–Crippen LogP) is 18.8. The summed E-state index contributed by atoms with van der Waals surface area (Å²) in [4.78, 5) is 4.71. The molecule has 0 fully saturated rings. The average molecular weight is 873 g/mol. The molecule has 1 aromatic heterocycles. The lowest BCUT2D eigenvalue weighted by Gasteiger charge is -2.27. The minimum Gasteiger partial charge on any atom is -0.311 e. The van der Waals surface area contributed by atoms with Gasteiger partial charge in [-0.1, -0.05) is 182 Å². The Morgan fingerprint density at radius 3 is 1.16 bits per heavy atom. The van der Waals surface area contributed by atoms with Gasteiger partial charge in [-0.05, 0) is 135 Å². The van der Waals surface area contributed by atoms with Crippen LogP contribution >= 0.6 is 11.3 Å². The van der Waals surface area contributed by atoms with E-state index in [2.05, 4.69) is 277 Å². The lowest BCUT2D eigenvalue weighted by molar-refractivity contribution is 1.28. The van der Waals surface area contributed by atoms with Crippen LogP contribution in [-0.4, -0.2) is 0 Å². The van der Waals surface area contributed by atoms with Gasteiger partial charge in [0.2, 0.25) is 0 Å². The summed E-state index contributed by atoms with van der Waals surface area (Å²) < 4.78 is 2.65. The molecule has 0 saturated heterocycles. The van der Waals surface area contributed by atoms with Crippen molar-refractivity contribution >= 4 is 76.4 Å². The van der Waals surface area contributed by atoms with Gasteiger partial charge in [0, 0.05) is 54.0 Å². The van der Waals surface area contributed by atoms with E-state index < -0.39 is 0 Å². The Labute approximate surface area is 395 Å². The molecule has 0 saturated carbocycles. The van der Waals surface area contributed by atoms with Crippen LogP contribution in [0.3, 0.4) is 0 Å². The first-order chi connectivity index (χ1) is 33.2. The molecule has 0 aliphatic carbocycles. The predicted molar refractivity (Wildman–Crippen MR) is 288 cm³/mol. The first kappa shape index (κ1) is 40.0. The van der Waals surface area contributed by atoms with Gasteiger partial charge in [-0.25, -0.2) is 0 Å². The maximum absolute atomic E-state index is 2.39. The van der Waals surface area contributed by atoms with Crippen molar-refractivity contribution in [3.63, 3.8) is 0 Å². The number of hydrogen-bond donors (Lipinski definition) is 0. The molecule has 0 amide bonds. The Bertz CT molecular complexity index is 3630. The van der Waals surface area contributed by atoms with E-state index in [1.54, 1.807) is 0 Å². The van der Waals surface area contributed by atoms with Gasteiger partial charge in [-0.2, -0.15) is 0 Å². The maximum atomic E-state index is 2.39. The fourth-order valence-electron chi connectivity index (χ4n) is 9.46. The second-order valence-corrected chi connectivity index (χ2v) is 18.0. The molecule has 0 N–H and O–H groups in total. The highest BCUT2D eigenvalue weighted by Gasteiger charge is 2.18. The molecule has 3 heteroatoms. The molecular formula is C64H44N2S. The van der Waals surface area contributed by atoms with Gasteiger partial charge in [0.05, 0.1) is 5.69 Å². The van der Waals surface area contributed by atoms with Gasteiger partial charge in [0.15, 0.2) is 0 Å². The molecule has 316 valence electrons. The second-order valence-electron chi connectivity index (χ2n) is 16.9. The Kier molecular flexibility index (Phi) is 10.4. The van der Waals surface area contributed by atoms with Crippen molar-refractivity contribution in [2.45, 2.75) is 0 Å². The van der Waals surface area contributed by atoms with E-state index in [0.29, 0.717) is 0 Å². The van der Waals surface area contributed by atoms with Gasteiger partial charge >= 0.3 is 0 Å². The zero-order valence-corrected chi connectivity index (χ0v) is 37.5. The van der Waals surface area contributed by atoms with Crippen LogP contribution < -0.4 is 9.80 Å². The second kappa shape index (κ2) is 17.5. The molecule has 67 heavy (non-hydrogen) atoms. The normalized spacial score (nSPS) is 11.3. The van der Waals surface area contributed by atoms with E-state index in [1.807, 2.05) is 11.3 Å². The van der Waals surface area contributed by atoms with Crippen LogP contribution in [0.5, 0.6) is 0 Å². The highest BCUT2D eigenvalue weighted by Crippen LogP contribution is 2.42. The lowest BCUT2D eigenvalue weighted by Crippen LogP contribution is -2.10. The molecular weight excluding hydrogens is 829 g/mol. The Balaban J connectivity index is 0.839. The monoisotopic (exact) mass is 872 g/mol. The third-order valence-corrected chi connectivity index (χ3v) is 14.0. The minimum absolute atomic E-state index is 1.10. The molecule has 0 atom stereocenters. The van der Waals surface area contributed by atoms with Gasteiger partial charge < -0.3 is 9.80 Å². The van der Waals surface area contributed by atoms with Crippen LogP contribution in [0.15, 0.2) is 267 Å². The molecule has 11 aromatic carbocycles. The van der Waals surface area contributed by atoms with Crippen molar-refractivity contribution in [2.24, 2.45) is 0 Å². The summed E-state index contributed by atoms with van der Waals surface area (Å²) in [7, 11) is 0. The van der Waals surface area contributed by atoms with Crippen molar-refractivity contribution in [3.8, 4) is 44.5 Å². The van der Waals surface area contributed by atoms with E-state index in [4.69, 9.17) is 0 Å². The number of thiophene rings is 1. The Morgan fingerprint density at radius 1 is 0.224 bits per heavy atom. The van der Waals surface area contributed by atoms with Crippen LogP contribution in [0.25, 0.3) is 75.5 Å². The topological polar surface area (TPSA) is 6.48 Å². The van der Waals surface area contributed by atoms with Crippen LogP contribution in [0.1, 0.15) is 0 Å². The standard InChI is InChI=1S/C64H44N2S/c1-3-12-45(13-4-1)46-22-24-47(25-23-46)48-26-35-55(36-27-48)65(54-16-5-2-6-17-54)56-37-28-49(29-38-56)50-30-39-57(40-31-50)66(62-20-11-15-52-14-7-8-18-59(52)62)58-41-32-51(33-42-58)53-34-43-64-61(44-53)60-19-9-10-21-63(60)67-64/h1-44H. The summed E-state index contributed by atoms with van der Waals surface area (Å²) >= 11 is 1.86. The first-order valence-electron chi connectivity index (χ1n) is 22.8. The molecule has 2 nitrogen and oxygen atoms in total. The van der Waals surface area contributed by atoms with E-state index in [0.717, 1.165) is 45.3 Å². The number of anilines is 6. The molecule has 12 aromatic rings. The molecule has 0 spiro atoms. The summed E-state index contributed by atoms with van der Waals surface area (Å²) in [6.07, 6.45) is 0. The third kappa shape index (κ3) is 7.82. The summed E-state index contributed by atoms with van der Waals surface area (Å²) in [6.45, 7) is 0. The molecule has 0 aliphatic rings. The highest BCUT2D eigenvalue weighted by atomic mass is 32.1. The van der Waals surface area contributed by atoms with Crippen LogP contribution in [0, 0.1) is 0 Å². The Hall–Kier alpha value is -8.50. The average Bonchev–Trinajstić information content (AvgIpc) is 3.78. The largest absolute Gasteiger partial charge is 0.311 e. The Morgan fingerprint density at radius 2 is 0.597 bits per heavy atom. The van der Waals surface area contributed by atoms with Crippen molar-refractivity contribution in [3.05, 3.63) is 267 Å². The zero-order valence-electron chi connectivity index (χ0n) is 36.7. The number of para-hydroxylation sites is 1. The molecule has 1 heterocycles. The minimum atomic E-state index is 1.10. The van der Waals surface area contributed by atoms with Gasteiger partial charge in [-0.3, -0.25) is 0 Å².